The van der Waals surface area contributed by atoms with Crippen molar-refractivity contribution in [1.29, 1.82) is 0 Å². The fourth-order valence-electron chi connectivity index (χ4n) is 2.81. The van der Waals surface area contributed by atoms with Crippen LogP contribution in [-0.2, 0) is 6.42 Å². The van der Waals surface area contributed by atoms with Gasteiger partial charge in [-0.1, -0.05) is 29.8 Å². The zero-order chi connectivity index (χ0) is 13.4. The van der Waals surface area contributed by atoms with E-state index in [0.29, 0.717) is 6.04 Å². The van der Waals surface area contributed by atoms with Crippen LogP contribution in [0.25, 0.3) is 0 Å². The van der Waals surface area contributed by atoms with E-state index in [-0.39, 0.29) is 0 Å². The van der Waals surface area contributed by atoms with Crippen molar-refractivity contribution in [3.8, 4) is 0 Å². The molecule has 0 saturated heterocycles. The summed E-state index contributed by atoms with van der Waals surface area (Å²) in [6.45, 7) is 4.29. The molecule has 0 fully saturated rings. The average Bonchev–Trinajstić information content (AvgIpc) is 2.77. The zero-order valence-corrected chi connectivity index (χ0v) is 12.9. The summed E-state index contributed by atoms with van der Waals surface area (Å²) in [7, 11) is 0. The van der Waals surface area contributed by atoms with Gasteiger partial charge in [0.1, 0.15) is 0 Å². The number of fused-ring (bicyclic) bond motifs is 1. The molecule has 0 saturated carbocycles. The maximum Gasteiger partial charge on any atom is 0.0520 e. The number of benzene rings is 2. The second kappa shape index (κ2) is 5.01. The van der Waals surface area contributed by atoms with Gasteiger partial charge < -0.3 is 5.32 Å². The van der Waals surface area contributed by atoms with E-state index in [0.717, 1.165) is 4.47 Å². The molecule has 0 aromatic heterocycles. The van der Waals surface area contributed by atoms with Crippen molar-refractivity contribution in [3.05, 3.63) is 63.1 Å². The molecule has 0 bridgehead atoms. The van der Waals surface area contributed by atoms with Crippen LogP contribution in [0.5, 0.6) is 0 Å². The number of nitrogens with one attached hydrogen (secondary N) is 1. The molecule has 0 spiro atoms. The number of anilines is 1. The van der Waals surface area contributed by atoms with Gasteiger partial charge in [-0.25, -0.2) is 0 Å². The Morgan fingerprint density at radius 3 is 2.63 bits per heavy atom. The van der Waals surface area contributed by atoms with Gasteiger partial charge in [-0.2, -0.15) is 0 Å². The molecule has 0 aliphatic heterocycles. The molecule has 2 heteroatoms. The molecule has 1 N–H and O–H groups in total. The standard InChI is InChI=1S/C17H18BrN/c1-11-3-5-13-6-8-16(14(13)9-11)19-17-10-12(2)4-7-15(17)18/h3-5,7,9-10,16,19H,6,8H2,1-2H3. The molecule has 1 unspecified atom stereocenters. The highest BCUT2D eigenvalue weighted by molar-refractivity contribution is 9.10. The van der Waals surface area contributed by atoms with Crippen LogP contribution in [0.2, 0.25) is 0 Å². The highest BCUT2D eigenvalue weighted by Gasteiger charge is 2.22. The lowest BCUT2D eigenvalue weighted by atomic mass is 10.0. The molecule has 1 atom stereocenters. The van der Waals surface area contributed by atoms with Crippen molar-refractivity contribution in [2.45, 2.75) is 32.7 Å². The van der Waals surface area contributed by atoms with Crippen LogP contribution in [0, 0.1) is 13.8 Å². The van der Waals surface area contributed by atoms with Crippen LogP contribution in [0.15, 0.2) is 40.9 Å². The lowest BCUT2D eigenvalue weighted by Gasteiger charge is -2.17. The molecule has 98 valence electrons. The van der Waals surface area contributed by atoms with E-state index in [1.165, 1.54) is 40.8 Å². The van der Waals surface area contributed by atoms with Crippen molar-refractivity contribution in [3.63, 3.8) is 0 Å². The summed E-state index contributed by atoms with van der Waals surface area (Å²) >= 11 is 3.63. The van der Waals surface area contributed by atoms with Crippen LogP contribution in [0.4, 0.5) is 5.69 Å². The van der Waals surface area contributed by atoms with Gasteiger partial charge in [0.05, 0.1) is 6.04 Å². The molecule has 2 aromatic rings. The Bertz CT molecular complexity index is 619. The lowest BCUT2D eigenvalue weighted by molar-refractivity contribution is 0.761. The molecular weight excluding hydrogens is 298 g/mol. The monoisotopic (exact) mass is 315 g/mol. The molecule has 0 amide bonds. The van der Waals surface area contributed by atoms with Crippen LogP contribution in [0.1, 0.15) is 34.7 Å². The van der Waals surface area contributed by atoms with Crippen molar-refractivity contribution in [2.75, 3.05) is 5.32 Å². The second-order valence-electron chi connectivity index (χ2n) is 5.42. The number of aryl methyl sites for hydroxylation is 3. The first-order valence-corrected chi connectivity index (χ1v) is 7.55. The Morgan fingerprint density at radius 1 is 1.05 bits per heavy atom. The highest BCUT2D eigenvalue weighted by Crippen LogP contribution is 2.36. The predicted molar refractivity (Wildman–Crippen MR) is 84.7 cm³/mol. The van der Waals surface area contributed by atoms with Gasteiger partial charge in [0.15, 0.2) is 0 Å². The molecular formula is C17H18BrN. The van der Waals surface area contributed by atoms with E-state index in [2.05, 4.69) is 71.5 Å². The van der Waals surface area contributed by atoms with Crippen LogP contribution in [0.3, 0.4) is 0 Å². The first-order chi connectivity index (χ1) is 9.13. The Hall–Kier alpha value is -1.28. The van der Waals surface area contributed by atoms with Gasteiger partial charge in [0.25, 0.3) is 0 Å². The summed E-state index contributed by atoms with van der Waals surface area (Å²) in [6, 6.07) is 13.7. The lowest BCUT2D eigenvalue weighted by Crippen LogP contribution is -2.07. The minimum Gasteiger partial charge on any atom is -0.377 e. The van der Waals surface area contributed by atoms with Crippen LogP contribution < -0.4 is 5.32 Å². The summed E-state index contributed by atoms with van der Waals surface area (Å²) in [6.07, 6.45) is 2.36. The maximum atomic E-state index is 3.69. The number of rotatable bonds is 2. The summed E-state index contributed by atoms with van der Waals surface area (Å²) in [4.78, 5) is 0. The third kappa shape index (κ3) is 2.55. The fourth-order valence-corrected chi connectivity index (χ4v) is 3.17. The van der Waals surface area contributed by atoms with E-state index in [1.54, 1.807) is 0 Å². The van der Waals surface area contributed by atoms with Crippen LogP contribution in [-0.4, -0.2) is 0 Å². The average molecular weight is 316 g/mol. The predicted octanol–water partition coefficient (Wildman–Crippen LogP) is 5.17. The van der Waals surface area contributed by atoms with Gasteiger partial charge in [0, 0.05) is 10.2 Å². The van der Waals surface area contributed by atoms with E-state index in [1.807, 2.05) is 0 Å². The SMILES string of the molecule is Cc1ccc(Br)c(NC2CCc3ccc(C)cc32)c1. The third-order valence-corrected chi connectivity index (χ3v) is 4.52. The molecule has 0 heterocycles. The highest BCUT2D eigenvalue weighted by atomic mass is 79.9. The first-order valence-electron chi connectivity index (χ1n) is 6.75. The van der Waals surface area contributed by atoms with E-state index < -0.39 is 0 Å². The van der Waals surface area contributed by atoms with Crippen LogP contribution >= 0.6 is 15.9 Å². The molecule has 2 aromatic carbocycles. The van der Waals surface area contributed by atoms with Crippen molar-refractivity contribution < 1.29 is 0 Å². The fraction of sp³-hybridized carbons (Fsp3) is 0.294. The van der Waals surface area contributed by atoms with Gasteiger partial charge >= 0.3 is 0 Å². The van der Waals surface area contributed by atoms with E-state index in [4.69, 9.17) is 0 Å². The summed E-state index contributed by atoms with van der Waals surface area (Å²) < 4.78 is 1.14. The van der Waals surface area contributed by atoms with E-state index in [9.17, 15) is 0 Å². The van der Waals surface area contributed by atoms with Crippen molar-refractivity contribution in [1.82, 2.24) is 0 Å². The number of hydrogen-bond acceptors (Lipinski definition) is 1. The Balaban J connectivity index is 1.90. The van der Waals surface area contributed by atoms with Gasteiger partial charge in [-0.3, -0.25) is 0 Å². The maximum absolute atomic E-state index is 3.69. The minimum absolute atomic E-state index is 0.438. The zero-order valence-electron chi connectivity index (χ0n) is 11.3. The minimum atomic E-state index is 0.438. The Morgan fingerprint density at radius 2 is 1.79 bits per heavy atom. The number of halogens is 1. The van der Waals surface area contributed by atoms with Crippen molar-refractivity contribution in [2.24, 2.45) is 0 Å². The van der Waals surface area contributed by atoms with Gasteiger partial charge in [-0.15, -0.1) is 0 Å². The third-order valence-electron chi connectivity index (χ3n) is 3.83. The quantitative estimate of drug-likeness (QED) is 0.806. The molecule has 1 aliphatic rings. The normalized spacial score (nSPS) is 17.3. The summed E-state index contributed by atoms with van der Waals surface area (Å²) in [5.74, 6) is 0. The molecule has 3 rings (SSSR count). The Kier molecular flexibility index (Phi) is 3.36. The molecule has 1 nitrogen and oxygen atoms in total. The molecule has 19 heavy (non-hydrogen) atoms. The first kappa shape index (κ1) is 12.7. The smallest absolute Gasteiger partial charge is 0.0520 e. The number of hydrogen-bond donors (Lipinski definition) is 1. The topological polar surface area (TPSA) is 12.0 Å². The Labute approximate surface area is 123 Å². The molecule has 1 aliphatic carbocycles. The van der Waals surface area contributed by atoms with Gasteiger partial charge in [0.2, 0.25) is 0 Å². The van der Waals surface area contributed by atoms with Gasteiger partial charge in [-0.05, 0) is 71.4 Å². The van der Waals surface area contributed by atoms with E-state index >= 15 is 0 Å². The largest absolute Gasteiger partial charge is 0.377 e. The molecule has 0 radical (unpaired) electrons. The summed E-state index contributed by atoms with van der Waals surface area (Å²) in [5, 5.41) is 3.69. The second-order valence-corrected chi connectivity index (χ2v) is 6.28. The summed E-state index contributed by atoms with van der Waals surface area (Å²) in [5.41, 5.74) is 6.78. The van der Waals surface area contributed by atoms with Crippen molar-refractivity contribution >= 4 is 21.6 Å².